The molecular formula is C40H59FN4O7. The summed E-state index contributed by atoms with van der Waals surface area (Å²) in [7, 11) is 1.76. The summed E-state index contributed by atoms with van der Waals surface area (Å²) in [6.45, 7) is 7.81. The lowest BCUT2D eigenvalue weighted by molar-refractivity contribution is -0.142. The molecule has 2 amide bonds. The predicted octanol–water partition coefficient (Wildman–Crippen LogP) is 5.94. The summed E-state index contributed by atoms with van der Waals surface area (Å²) in [5.41, 5.74) is 7.16. The van der Waals surface area contributed by atoms with Crippen molar-refractivity contribution in [3.63, 3.8) is 0 Å². The van der Waals surface area contributed by atoms with E-state index in [1.54, 1.807) is 31.4 Å². The van der Waals surface area contributed by atoms with Crippen LogP contribution in [0.1, 0.15) is 95.0 Å². The maximum absolute atomic E-state index is 14.3. The minimum absolute atomic E-state index is 0.0490. The molecule has 6 rings (SSSR count). The molecular weight excluding hydrogens is 667 g/mol. The summed E-state index contributed by atoms with van der Waals surface area (Å²) in [4.78, 5) is 45.4. The average molecular weight is 727 g/mol. The van der Waals surface area contributed by atoms with E-state index in [-0.39, 0.29) is 59.7 Å². The Morgan fingerprint density at radius 1 is 1.04 bits per heavy atom. The molecule has 0 spiro atoms. The Labute approximate surface area is 307 Å². The Bertz CT molecular complexity index is 1520. The van der Waals surface area contributed by atoms with Crippen LogP contribution >= 0.6 is 0 Å². The molecule has 52 heavy (non-hydrogen) atoms. The average Bonchev–Trinajstić information content (AvgIpc) is 3.78. The number of likely N-dealkylation sites (tertiary alicyclic amines) is 1. The van der Waals surface area contributed by atoms with E-state index in [0.29, 0.717) is 61.4 Å². The highest BCUT2D eigenvalue weighted by molar-refractivity contribution is 6.00. The quantitative estimate of drug-likeness (QED) is 0.190. The minimum Gasteiger partial charge on any atom is -0.460 e. The third-order valence-corrected chi connectivity index (χ3v) is 12.2. The molecule has 2 aromatic rings. The number of fused-ring (bicyclic) bond motifs is 1. The van der Waals surface area contributed by atoms with Gasteiger partial charge in [0.25, 0.3) is 0 Å². The molecule has 12 heteroatoms. The van der Waals surface area contributed by atoms with Crippen LogP contribution in [0.2, 0.25) is 0 Å². The first kappa shape index (κ1) is 38.7. The Morgan fingerprint density at radius 3 is 2.52 bits per heavy atom. The van der Waals surface area contributed by atoms with E-state index in [2.05, 4.69) is 24.1 Å². The lowest BCUT2D eigenvalue weighted by Crippen LogP contribution is -2.50. The van der Waals surface area contributed by atoms with Gasteiger partial charge in [-0.2, -0.15) is 0 Å². The van der Waals surface area contributed by atoms with Gasteiger partial charge in [0.15, 0.2) is 0 Å². The topological polar surface area (TPSA) is 137 Å². The number of carbonyl (C=O) groups is 3. The van der Waals surface area contributed by atoms with Crippen LogP contribution in [-0.2, 0) is 23.8 Å². The van der Waals surface area contributed by atoms with Gasteiger partial charge < -0.3 is 34.6 Å². The number of carbonyl (C=O) groups excluding carboxylic acids is 3. The van der Waals surface area contributed by atoms with Crippen LogP contribution in [0, 0.1) is 23.7 Å². The van der Waals surface area contributed by atoms with Gasteiger partial charge in [-0.3, -0.25) is 18.9 Å². The number of nitrogens with zero attached hydrogens (tertiary/aromatic N) is 2. The number of esters is 1. The van der Waals surface area contributed by atoms with Crippen LogP contribution in [0.5, 0.6) is 0 Å². The van der Waals surface area contributed by atoms with Crippen LogP contribution in [0.4, 0.5) is 10.1 Å². The molecule has 4 aliphatic rings. The van der Waals surface area contributed by atoms with E-state index in [9.17, 15) is 18.8 Å². The van der Waals surface area contributed by atoms with E-state index in [1.165, 1.54) is 0 Å². The van der Waals surface area contributed by atoms with E-state index < -0.39 is 18.7 Å². The van der Waals surface area contributed by atoms with Crippen molar-refractivity contribution < 1.29 is 37.4 Å². The second kappa shape index (κ2) is 17.4. The number of benzene rings is 1. The number of anilines is 1. The molecule has 1 aromatic heterocycles. The number of furan rings is 1. The van der Waals surface area contributed by atoms with Crippen LogP contribution < -0.4 is 11.1 Å². The van der Waals surface area contributed by atoms with E-state index in [0.717, 1.165) is 64.6 Å². The van der Waals surface area contributed by atoms with Crippen molar-refractivity contribution in [3.05, 3.63) is 30.0 Å². The number of nitrogens with one attached hydrogen (secondary N) is 1. The molecule has 2 aliphatic carbocycles. The third-order valence-electron chi connectivity index (χ3n) is 12.2. The summed E-state index contributed by atoms with van der Waals surface area (Å²) >= 11 is 0. The number of rotatable bonds is 13. The van der Waals surface area contributed by atoms with Crippen LogP contribution in [0.15, 0.2) is 28.7 Å². The number of nitrogens with two attached hydrogens (primary N) is 1. The summed E-state index contributed by atoms with van der Waals surface area (Å²) in [5.74, 6) is -0.0692. The van der Waals surface area contributed by atoms with Gasteiger partial charge in [-0.05, 0) is 126 Å². The van der Waals surface area contributed by atoms with Crippen molar-refractivity contribution in [2.24, 2.45) is 29.4 Å². The van der Waals surface area contributed by atoms with Crippen LogP contribution in [0.25, 0.3) is 11.0 Å². The SMILES string of the molecule is COC1CCC([C@@H]2CCN(C(=O)[C@H]3CC[C@H]([C@H](N)CCF)CC3)[C@@H]2C(=O)Nc2ccc3oc(C(=O)OCCCN4CCOC(C)(C)C4)cc3c2)CC1. The first-order valence-electron chi connectivity index (χ1n) is 19.6. The molecule has 3 heterocycles. The molecule has 4 fully saturated rings. The number of halogens is 1. The van der Waals surface area contributed by atoms with Crippen LogP contribution in [0.3, 0.4) is 0 Å². The van der Waals surface area contributed by atoms with Crippen molar-refractivity contribution in [2.45, 2.75) is 108 Å². The number of morpholine rings is 1. The molecule has 0 bridgehead atoms. The molecule has 3 atom stereocenters. The number of hydrogen-bond acceptors (Lipinski definition) is 9. The molecule has 1 aromatic carbocycles. The summed E-state index contributed by atoms with van der Waals surface area (Å²) in [6.07, 6.45) is 8.99. The van der Waals surface area contributed by atoms with Crippen molar-refractivity contribution in [1.82, 2.24) is 9.80 Å². The highest BCUT2D eigenvalue weighted by atomic mass is 19.1. The zero-order valence-corrected chi connectivity index (χ0v) is 31.3. The van der Waals surface area contributed by atoms with Gasteiger partial charge in [0.1, 0.15) is 11.6 Å². The number of hydrogen-bond donors (Lipinski definition) is 2. The second-order valence-electron chi connectivity index (χ2n) is 16.2. The van der Waals surface area contributed by atoms with Gasteiger partial charge in [0, 0.05) is 56.3 Å². The molecule has 288 valence electrons. The largest absolute Gasteiger partial charge is 0.460 e. The van der Waals surface area contributed by atoms with Gasteiger partial charge in [0.2, 0.25) is 17.6 Å². The Morgan fingerprint density at radius 2 is 1.81 bits per heavy atom. The molecule has 2 saturated carbocycles. The zero-order valence-electron chi connectivity index (χ0n) is 31.3. The smallest absolute Gasteiger partial charge is 0.374 e. The summed E-state index contributed by atoms with van der Waals surface area (Å²) < 4.78 is 35.7. The first-order valence-corrected chi connectivity index (χ1v) is 19.6. The highest BCUT2D eigenvalue weighted by Gasteiger charge is 2.47. The lowest BCUT2D eigenvalue weighted by atomic mass is 9.75. The maximum atomic E-state index is 14.3. The van der Waals surface area contributed by atoms with Crippen molar-refractivity contribution in [1.29, 1.82) is 0 Å². The fourth-order valence-electron chi connectivity index (χ4n) is 9.30. The van der Waals surface area contributed by atoms with Gasteiger partial charge in [0.05, 0.1) is 31.6 Å². The van der Waals surface area contributed by atoms with Crippen molar-refractivity contribution in [3.8, 4) is 0 Å². The van der Waals surface area contributed by atoms with E-state index in [4.69, 9.17) is 24.4 Å². The van der Waals surface area contributed by atoms with Gasteiger partial charge in [-0.25, -0.2) is 4.79 Å². The summed E-state index contributed by atoms with van der Waals surface area (Å²) in [6, 6.07) is 6.22. The lowest BCUT2D eigenvalue weighted by Gasteiger charge is -2.38. The predicted molar refractivity (Wildman–Crippen MR) is 197 cm³/mol. The number of methoxy groups -OCH3 is 1. The number of amides is 2. The highest BCUT2D eigenvalue weighted by Crippen LogP contribution is 2.42. The van der Waals surface area contributed by atoms with E-state index in [1.807, 2.05) is 4.90 Å². The maximum Gasteiger partial charge on any atom is 0.374 e. The third kappa shape index (κ3) is 9.35. The molecule has 2 saturated heterocycles. The fourth-order valence-corrected chi connectivity index (χ4v) is 9.30. The normalized spacial score (nSPS) is 28.8. The van der Waals surface area contributed by atoms with Gasteiger partial charge in [-0.15, -0.1) is 0 Å². The standard InChI is InChI=1S/C40H59FN4O7/c1-40(2)25-44(20-22-51-40)18-4-21-50-39(48)35-24-29-23-30(11-14-34(29)52-35)43-37(46)36-32(26-9-12-31(49-3)13-10-26)16-19-45(36)38(47)28-7-5-27(6-8-28)33(42)15-17-41/h11,14,23-24,26-28,31-33,36H,4-10,12-13,15-22,25,42H2,1-3H3,(H,43,46)/t26?,27-,28-,31?,32-,33+,36-/m0/s1. The Kier molecular flexibility index (Phi) is 12.9. The fraction of sp³-hybridized carbons (Fsp3) is 0.725. The molecule has 2 aliphatic heterocycles. The molecule has 0 unspecified atom stereocenters. The first-order chi connectivity index (χ1) is 25.0. The van der Waals surface area contributed by atoms with E-state index >= 15 is 0 Å². The van der Waals surface area contributed by atoms with Crippen LogP contribution in [-0.4, -0.2) is 105 Å². The molecule has 3 N–H and O–H groups in total. The minimum atomic E-state index is -0.572. The van der Waals surface area contributed by atoms with Crippen molar-refractivity contribution >= 4 is 34.4 Å². The van der Waals surface area contributed by atoms with Gasteiger partial charge in [-0.1, -0.05) is 0 Å². The Balaban J connectivity index is 1.09. The molecule has 0 radical (unpaired) electrons. The van der Waals surface area contributed by atoms with Crippen molar-refractivity contribution in [2.75, 3.05) is 58.5 Å². The summed E-state index contributed by atoms with van der Waals surface area (Å²) in [5, 5.41) is 3.80. The number of ether oxygens (including phenoxy) is 3. The second-order valence-corrected chi connectivity index (χ2v) is 16.2. The molecule has 11 nitrogen and oxygen atoms in total. The van der Waals surface area contributed by atoms with Gasteiger partial charge >= 0.3 is 5.97 Å². The number of alkyl halides is 1. The Hall–Kier alpha value is -3.06. The monoisotopic (exact) mass is 726 g/mol. The zero-order chi connectivity index (χ0) is 36.8.